The van der Waals surface area contributed by atoms with E-state index in [1.165, 1.54) is 6.42 Å². The average molecular weight is 301 g/mol. The number of allylic oxidation sites excluding steroid dienone is 1. The molecule has 0 spiro atoms. The molecule has 1 unspecified atom stereocenters. The van der Waals surface area contributed by atoms with Crippen LogP contribution in [0.4, 0.5) is 0 Å². The Balaban J connectivity index is 2.74. The summed E-state index contributed by atoms with van der Waals surface area (Å²) in [7, 11) is -1.75. The van der Waals surface area contributed by atoms with E-state index in [1.54, 1.807) is 13.8 Å². The van der Waals surface area contributed by atoms with Crippen molar-refractivity contribution >= 4 is 13.8 Å². The van der Waals surface area contributed by atoms with Gasteiger partial charge in [0.1, 0.15) is 0 Å². The fraction of sp³-hybridized carbons (Fsp3) is 0.800. The maximum atomic E-state index is 12.3. The van der Waals surface area contributed by atoms with Crippen LogP contribution in [0.1, 0.15) is 52.9 Å². The van der Waals surface area contributed by atoms with Gasteiger partial charge in [0.05, 0.1) is 5.57 Å². The van der Waals surface area contributed by atoms with Crippen molar-refractivity contribution in [1.82, 2.24) is 0 Å². The monoisotopic (exact) mass is 301 g/mol. The Morgan fingerprint density at radius 3 is 2.45 bits per heavy atom. The summed E-state index contributed by atoms with van der Waals surface area (Å²) in [6.07, 6.45) is 7.56. The molecular weight excluding hydrogens is 275 g/mol. The molecule has 0 bridgehead atoms. The van der Waals surface area contributed by atoms with Crippen LogP contribution in [0.5, 0.6) is 0 Å². The maximum absolute atomic E-state index is 12.3. The highest BCUT2D eigenvalue weighted by atomic mass is 31.1. The summed E-state index contributed by atoms with van der Waals surface area (Å²) in [5.74, 6) is -0.625. The van der Waals surface area contributed by atoms with E-state index < -0.39 is 19.1 Å². The Morgan fingerprint density at radius 2 is 1.95 bits per heavy atom. The van der Waals surface area contributed by atoms with Crippen molar-refractivity contribution in [1.29, 1.82) is 0 Å². The molecule has 1 fully saturated rings. The molecule has 0 radical (unpaired) electrons. The molecule has 4 nitrogen and oxygen atoms in total. The predicted octanol–water partition coefficient (Wildman–Crippen LogP) is 4.18. The molecule has 114 valence electrons. The fourth-order valence-electron chi connectivity index (χ4n) is 2.55. The lowest BCUT2D eigenvalue weighted by Gasteiger charge is -2.19. The molecule has 1 aliphatic carbocycles. The second kappa shape index (κ2) is 7.90. The number of rotatable bonds is 7. The quantitative estimate of drug-likeness (QED) is 0.566. The van der Waals surface area contributed by atoms with Gasteiger partial charge in [-0.1, -0.05) is 29.9 Å². The first-order valence-electron chi connectivity index (χ1n) is 7.39. The number of hydrogen-bond donors (Lipinski definition) is 1. The molecular formula is C15H26O4P+. The molecule has 0 saturated heterocycles. The highest BCUT2D eigenvalue weighted by Gasteiger charge is 2.41. The third-order valence-corrected chi connectivity index (χ3v) is 5.73. The van der Waals surface area contributed by atoms with Gasteiger partial charge in [-0.2, -0.15) is 0 Å². The molecule has 0 aromatic rings. The zero-order valence-electron chi connectivity index (χ0n) is 12.7. The Labute approximate surface area is 122 Å². The lowest BCUT2D eigenvalue weighted by molar-refractivity contribution is -0.132. The first kappa shape index (κ1) is 17.3. The summed E-state index contributed by atoms with van der Waals surface area (Å²) in [6, 6.07) is 0. The number of carboxylic acid groups (broad SMARTS) is 1. The second-order valence-corrected chi connectivity index (χ2v) is 7.96. The van der Waals surface area contributed by atoms with Crippen LogP contribution in [0.3, 0.4) is 0 Å². The molecule has 0 aliphatic heterocycles. The molecule has 0 heterocycles. The summed E-state index contributed by atoms with van der Waals surface area (Å²) < 4.78 is 17.8. The molecule has 1 atom stereocenters. The van der Waals surface area contributed by atoms with Gasteiger partial charge >= 0.3 is 13.8 Å². The molecule has 5 heteroatoms. The molecule has 0 aromatic heterocycles. The molecule has 0 aromatic carbocycles. The van der Waals surface area contributed by atoms with Gasteiger partial charge in [0.15, 0.2) is 6.16 Å². The number of hydrogen-bond acceptors (Lipinski definition) is 3. The van der Waals surface area contributed by atoms with Crippen LogP contribution in [0.2, 0.25) is 0 Å². The first-order valence-corrected chi connectivity index (χ1v) is 8.84. The van der Waals surface area contributed by atoms with Crippen molar-refractivity contribution in [2.45, 2.75) is 58.2 Å². The number of aliphatic carboxylic acids is 1. The normalized spacial score (nSPS) is 18.9. The van der Waals surface area contributed by atoms with E-state index in [4.69, 9.17) is 4.74 Å². The Hall–Kier alpha value is -0.730. The summed E-state index contributed by atoms with van der Waals surface area (Å²) >= 11 is 0. The van der Waals surface area contributed by atoms with Crippen molar-refractivity contribution in [2.24, 2.45) is 5.92 Å². The molecule has 1 rings (SSSR count). The van der Waals surface area contributed by atoms with Crippen LogP contribution >= 0.6 is 7.80 Å². The third-order valence-electron chi connectivity index (χ3n) is 3.77. The fourth-order valence-corrected chi connectivity index (χ4v) is 3.75. The Bertz CT molecular complexity index is 381. The van der Waals surface area contributed by atoms with E-state index in [-0.39, 0.29) is 11.7 Å². The van der Waals surface area contributed by atoms with Crippen LogP contribution in [-0.2, 0) is 14.1 Å². The number of carboxylic acids is 1. The highest BCUT2D eigenvalue weighted by Crippen LogP contribution is 2.41. The summed E-state index contributed by atoms with van der Waals surface area (Å²) in [5.41, 5.74) is 0.283. The van der Waals surface area contributed by atoms with Crippen LogP contribution < -0.4 is 0 Å². The topological polar surface area (TPSA) is 63.6 Å². The van der Waals surface area contributed by atoms with Gasteiger partial charge in [-0.25, -0.2) is 4.79 Å². The van der Waals surface area contributed by atoms with Crippen molar-refractivity contribution < 1.29 is 19.2 Å². The lowest BCUT2D eigenvalue weighted by Crippen LogP contribution is -2.22. The predicted molar refractivity (Wildman–Crippen MR) is 80.5 cm³/mol. The zero-order chi connectivity index (χ0) is 15.2. The third kappa shape index (κ3) is 5.34. The smallest absolute Gasteiger partial charge is 0.377 e. The maximum Gasteiger partial charge on any atom is 0.377 e. The van der Waals surface area contributed by atoms with Crippen molar-refractivity contribution in [3.05, 3.63) is 11.6 Å². The van der Waals surface area contributed by atoms with Crippen LogP contribution in [0.15, 0.2) is 11.6 Å². The zero-order valence-corrected chi connectivity index (χ0v) is 13.6. The minimum atomic E-state index is -1.75. The van der Waals surface area contributed by atoms with Gasteiger partial charge in [0, 0.05) is 20.5 Å². The van der Waals surface area contributed by atoms with Gasteiger partial charge in [-0.3, -0.25) is 0 Å². The van der Waals surface area contributed by atoms with E-state index >= 15 is 0 Å². The van der Waals surface area contributed by atoms with Gasteiger partial charge in [-0.15, -0.1) is 0 Å². The number of ether oxygens (including phenoxy) is 1. The second-order valence-electron chi connectivity index (χ2n) is 5.81. The number of carbonyl (C=O) groups is 1. The summed E-state index contributed by atoms with van der Waals surface area (Å²) in [6.45, 7) is 5.84. The van der Waals surface area contributed by atoms with Crippen LogP contribution in [-0.4, -0.2) is 29.2 Å². The minimum absolute atomic E-state index is 0.0914. The van der Waals surface area contributed by atoms with Crippen molar-refractivity contribution in [3.8, 4) is 0 Å². The van der Waals surface area contributed by atoms with E-state index in [0.717, 1.165) is 25.7 Å². The van der Waals surface area contributed by atoms with Gasteiger partial charge in [0.25, 0.3) is 5.34 Å². The van der Waals surface area contributed by atoms with Gasteiger partial charge < -0.3 is 9.84 Å². The Kier molecular flexibility index (Phi) is 6.84. The largest absolute Gasteiger partial charge is 0.478 e. The summed E-state index contributed by atoms with van der Waals surface area (Å²) in [5, 5.41) is 8.54. The minimum Gasteiger partial charge on any atom is -0.478 e. The average Bonchev–Trinajstić information content (AvgIpc) is 2.38. The standard InChI is InChI=1S/C15H25O4P/c1-4-19-15(2,3)20(18)11-13(14(16)17)10-12-8-6-5-7-9-12/h10,12H,4-9,11H2,1-3H3/p+1/b13-10-. The molecule has 1 N–H and O–H groups in total. The molecule has 1 saturated carbocycles. The van der Waals surface area contributed by atoms with Gasteiger partial charge in [-0.05, 0) is 25.7 Å². The van der Waals surface area contributed by atoms with Gasteiger partial charge in [0.2, 0.25) is 0 Å². The summed E-state index contributed by atoms with van der Waals surface area (Å²) in [4.78, 5) is 11.4. The van der Waals surface area contributed by atoms with E-state index in [2.05, 4.69) is 0 Å². The van der Waals surface area contributed by atoms with E-state index in [0.29, 0.717) is 12.5 Å². The molecule has 0 amide bonds. The van der Waals surface area contributed by atoms with E-state index in [1.807, 2.05) is 13.0 Å². The Morgan fingerprint density at radius 1 is 1.35 bits per heavy atom. The highest BCUT2D eigenvalue weighted by molar-refractivity contribution is 7.46. The van der Waals surface area contributed by atoms with Crippen molar-refractivity contribution in [3.63, 3.8) is 0 Å². The van der Waals surface area contributed by atoms with Crippen LogP contribution in [0, 0.1) is 5.92 Å². The van der Waals surface area contributed by atoms with Crippen LogP contribution in [0.25, 0.3) is 0 Å². The molecule has 20 heavy (non-hydrogen) atoms. The first-order chi connectivity index (χ1) is 9.36. The van der Waals surface area contributed by atoms with E-state index in [9.17, 15) is 14.5 Å². The van der Waals surface area contributed by atoms with Crippen molar-refractivity contribution in [2.75, 3.05) is 12.8 Å². The molecule has 1 aliphatic rings. The SMILES string of the molecule is CCOC(C)(C)[P+](=O)C/C(=C/C1CCCCC1)C(=O)O. The lowest BCUT2D eigenvalue weighted by atomic mass is 9.88.